The van der Waals surface area contributed by atoms with Crippen molar-refractivity contribution in [2.75, 3.05) is 32.1 Å². The second kappa shape index (κ2) is 9.39. The van der Waals surface area contributed by atoms with Gasteiger partial charge in [0.2, 0.25) is 11.8 Å². The molecule has 1 aromatic carbocycles. The van der Waals surface area contributed by atoms with Gasteiger partial charge in [0.15, 0.2) is 5.16 Å². The molecule has 0 spiro atoms. The van der Waals surface area contributed by atoms with Crippen LogP contribution in [0.25, 0.3) is 11.0 Å². The van der Waals surface area contributed by atoms with E-state index in [1.54, 1.807) is 0 Å². The number of rotatable bonds is 5. The highest BCUT2D eigenvalue weighted by Crippen LogP contribution is 2.27. The van der Waals surface area contributed by atoms with Crippen molar-refractivity contribution in [2.45, 2.75) is 56.9 Å². The van der Waals surface area contributed by atoms with E-state index >= 15 is 0 Å². The van der Waals surface area contributed by atoms with Gasteiger partial charge in [0.25, 0.3) is 0 Å². The van der Waals surface area contributed by atoms with Crippen LogP contribution >= 0.6 is 11.8 Å². The molecular weight excluding hydrogens is 400 g/mol. The molecule has 1 aromatic heterocycles. The first-order valence-electron chi connectivity index (χ1n) is 10.8. The lowest BCUT2D eigenvalue weighted by molar-refractivity contribution is -0.136. The van der Waals surface area contributed by atoms with Crippen LogP contribution in [0.4, 0.5) is 0 Å². The van der Waals surface area contributed by atoms with Gasteiger partial charge in [-0.3, -0.25) is 9.59 Å². The summed E-state index contributed by atoms with van der Waals surface area (Å²) in [5.74, 6) is 0.551. The van der Waals surface area contributed by atoms with Gasteiger partial charge in [-0.2, -0.15) is 0 Å². The predicted molar refractivity (Wildman–Crippen MR) is 117 cm³/mol. The van der Waals surface area contributed by atoms with Crippen LogP contribution < -0.4 is 0 Å². The lowest BCUT2D eigenvalue weighted by Gasteiger charge is -2.39. The summed E-state index contributed by atoms with van der Waals surface area (Å²) >= 11 is 1.43. The molecule has 2 unspecified atom stereocenters. The number of carbonyl (C=O) groups is 2. The number of fused-ring (bicyclic) bond motifs is 1. The summed E-state index contributed by atoms with van der Waals surface area (Å²) in [5.41, 5.74) is 1.77. The Hall–Kier alpha value is -2.06. The van der Waals surface area contributed by atoms with E-state index in [1.165, 1.54) is 18.2 Å². The molecule has 2 aliphatic rings. The Labute approximate surface area is 181 Å². The lowest BCUT2D eigenvalue weighted by atomic mass is 9.98. The van der Waals surface area contributed by atoms with Crippen LogP contribution in [0.2, 0.25) is 0 Å². The van der Waals surface area contributed by atoms with E-state index in [9.17, 15) is 9.59 Å². The molecule has 2 fully saturated rings. The van der Waals surface area contributed by atoms with Crippen molar-refractivity contribution in [3.8, 4) is 0 Å². The van der Waals surface area contributed by atoms with Crippen LogP contribution in [-0.4, -0.2) is 75.3 Å². The average molecular weight is 431 g/mol. The van der Waals surface area contributed by atoms with Gasteiger partial charge in [-0.15, -0.1) is 0 Å². The van der Waals surface area contributed by atoms with Gasteiger partial charge in [0.1, 0.15) is 6.54 Å². The topological polar surface area (TPSA) is 67.7 Å². The highest BCUT2D eigenvalue weighted by molar-refractivity contribution is 7.99. The number of nitrogens with zero attached hydrogens (tertiary/aromatic N) is 4. The highest BCUT2D eigenvalue weighted by atomic mass is 32.2. The lowest BCUT2D eigenvalue weighted by Crippen LogP contribution is -2.48. The highest BCUT2D eigenvalue weighted by Gasteiger charge is 2.29. The third kappa shape index (κ3) is 4.49. The fourth-order valence-corrected chi connectivity index (χ4v) is 5.36. The first-order chi connectivity index (χ1) is 14.5. The molecule has 0 saturated carbocycles. The summed E-state index contributed by atoms with van der Waals surface area (Å²) in [6.07, 6.45) is 3.30. The molecule has 2 amide bonds. The van der Waals surface area contributed by atoms with Gasteiger partial charge >= 0.3 is 0 Å². The van der Waals surface area contributed by atoms with Crippen LogP contribution in [0, 0.1) is 0 Å². The van der Waals surface area contributed by atoms with Crippen LogP contribution in [0.1, 0.15) is 33.1 Å². The van der Waals surface area contributed by atoms with Crippen LogP contribution in [-0.2, 0) is 20.9 Å². The Bertz CT molecular complexity index is 899. The number of carbonyl (C=O) groups excluding carboxylic acids is 2. The molecule has 7 nitrogen and oxygen atoms in total. The third-order valence-electron chi connectivity index (χ3n) is 6.08. The molecule has 0 aliphatic carbocycles. The largest absolute Gasteiger partial charge is 0.378 e. The van der Waals surface area contributed by atoms with E-state index in [2.05, 4.69) is 13.8 Å². The van der Waals surface area contributed by atoms with Crippen molar-refractivity contribution in [1.82, 2.24) is 19.4 Å². The van der Waals surface area contributed by atoms with Gasteiger partial charge in [0, 0.05) is 25.2 Å². The number of likely N-dealkylation sites (tertiary alicyclic amines) is 1. The molecule has 30 heavy (non-hydrogen) atoms. The van der Waals surface area contributed by atoms with Gasteiger partial charge in [0.05, 0.1) is 30.0 Å². The Balaban J connectivity index is 1.51. The van der Waals surface area contributed by atoms with Crippen molar-refractivity contribution in [3.05, 3.63) is 24.3 Å². The molecule has 4 rings (SSSR count). The van der Waals surface area contributed by atoms with Crippen molar-refractivity contribution in [2.24, 2.45) is 0 Å². The maximum Gasteiger partial charge on any atom is 0.242 e. The quantitative estimate of drug-likeness (QED) is 0.683. The van der Waals surface area contributed by atoms with E-state index in [4.69, 9.17) is 9.72 Å². The van der Waals surface area contributed by atoms with E-state index in [1.807, 2.05) is 38.6 Å². The normalized spacial score (nSPS) is 22.5. The maximum absolute atomic E-state index is 13.0. The molecule has 0 bridgehead atoms. The maximum atomic E-state index is 13.0. The summed E-state index contributed by atoms with van der Waals surface area (Å²) in [6, 6.07) is 8.39. The van der Waals surface area contributed by atoms with Gasteiger partial charge in [-0.05, 0) is 45.2 Å². The fourth-order valence-electron chi connectivity index (χ4n) is 4.48. The number of amides is 2. The number of benzene rings is 1. The van der Waals surface area contributed by atoms with E-state index < -0.39 is 0 Å². The molecule has 0 radical (unpaired) electrons. The first kappa shape index (κ1) is 21.2. The number of morpholine rings is 1. The van der Waals surface area contributed by atoms with Crippen molar-refractivity contribution in [3.63, 3.8) is 0 Å². The number of hydrogen-bond acceptors (Lipinski definition) is 5. The van der Waals surface area contributed by atoms with E-state index in [0.29, 0.717) is 32.1 Å². The fraction of sp³-hybridized carbons (Fsp3) is 0.591. The Morgan fingerprint density at radius 1 is 1.10 bits per heavy atom. The molecule has 8 heteroatoms. The zero-order valence-electron chi connectivity index (χ0n) is 17.7. The Morgan fingerprint density at radius 2 is 1.80 bits per heavy atom. The number of imidazole rings is 1. The number of para-hydroxylation sites is 2. The second-order valence-corrected chi connectivity index (χ2v) is 9.12. The van der Waals surface area contributed by atoms with Crippen LogP contribution in [0.15, 0.2) is 29.4 Å². The predicted octanol–water partition coefficient (Wildman–Crippen LogP) is 2.78. The standard InChI is InChI=1S/C22H30N4O3S/c1-16-6-5-7-17(2)26(16)21(28)15-30-22-23-18-8-3-4-9-19(18)25(22)14-20(27)24-10-12-29-13-11-24/h3-4,8-9,16-17H,5-7,10-15H2,1-2H3. The second-order valence-electron chi connectivity index (χ2n) is 8.18. The third-order valence-corrected chi connectivity index (χ3v) is 7.04. The molecule has 2 aromatic rings. The van der Waals surface area contributed by atoms with Gasteiger partial charge < -0.3 is 19.1 Å². The molecule has 2 saturated heterocycles. The minimum absolute atomic E-state index is 0.0629. The van der Waals surface area contributed by atoms with E-state index in [0.717, 1.165) is 29.0 Å². The van der Waals surface area contributed by atoms with Gasteiger partial charge in [-0.1, -0.05) is 23.9 Å². The molecule has 162 valence electrons. The Kier molecular flexibility index (Phi) is 6.63. The minimum atomic E-state index is 0.0629. The number of hydrogen-bond donors (Lipinski definition) is 0. The van der Waals surface area contributed by atoms with Gasteiger partial charge in [-0.25, -0.2) is 4.98 Å². The summed E-state index contributed by atoms with van der Waals surface area (Å²) in [6.45, 7) is 6.91. The SMILES string of the molecule is CC1CCCC(C)N1C(=O)CSc1nc2ccccc2n1CC(=O)N1CCOCC1. The number of aromatic nitrogens is 2. The Morgan fingerprint density at radius 3 is 2.53 bits per heavy atom. The van der Waals surface area contributed by atoms with Crippen molar-refractivity contribution >= 4 is 34.6 Å². The molecular formula is C22H30N4O3S. The monoisotopic (exact) mass is 430 g/mol. The summed E-state index contributed by atoms with van der Waals surface area (Å²) in [7, 11) is 0. The number of ether oxygens (including phenoxy) is 1. The molecule has 3 heterocycles. The molecule has 2 aliphatic heterocycles. The minimum Gasteiger partial charge on any atom is -0.378 e. The van der Waals surface area contributed by atoms with E-state index in [-0.39, 0.29) is 30.4 Å². The summed E-state index contributed by atoms with van der Waals surface area (Å²) < 4.78 is 7.31. The average Bonchev–Trinajstić information content (AvgIpc) is 3.10. The van der Waals surface area contributed by atoms with Crippen molar-refractivity contribution < 1.29 is 14.3 Å². The smallest absolute Gasteiger partial charge is 0.242 e. The first-order valence-corrected chi connectivity index (χ1v) is 11.8. The zero-order valence-corrected chi connectivity index (χ0v) is 18.6. The number of piperidine rings is 1. The van der Waals surface area contributed by atoms with Crippen molar-refractivity contribution in [1.29, 1.82) is 0 Å². The molecule has 0 N–H and O–H groups in total. The summed E-state index contributed by atoms with van der Waals surface area (Å²) in [5, 5.41) is 0.725. The van der Waals surface area contributed by atoms with Crippen LogP contribution in [0.3, 0.4) is 0 Å². The number of thioether (sulfide) groups is 1. The summed E-state index contributed by atoms with van der Waals surface area (Å²) in [4.78, 5) is 34.4. The van der Waals surface area contributed by atoms with Crippen LogP contribution in [0.5, 0.6) is 0 Å². The zero-order chi connectivity index (χ0) is 21.1. The molecule has 2 atom stereocenters.